The minimum absolute atomic E-state index is 0.0423. The van der Waals surface area contributed by atoms with Crippen molar-refractivity contribution in [2.75, 3.05) is 49.1 Å². The second kappa shape index (κ2) is 10.3. The smallest absolute Gasteiger partial charge is 0.414 e. The third-order valence-corrected chi connectivity index (χ3v) is 5.86. The zero-order valence-electron chi connectivity index (χ0n) is 18.4. The number of thiocarbonyl (C=S) groups is 1. The number of nitrogens with zero attached hydrogens (tertiary/aromatic N) is 4. The number of aromatic nitrogens is 1. The second-order valence-electron chi connectivity index (χ2n) is 7.77. The molecule has 2 aromatic rings. The van der Waals surface area contributed by atoms with Crippen molar-refractivity contribution < 1.29 is 27.9 Å². The van der Waals surface area contributed by atoms with Gasteiger partial charge in [0.2, 0.25) is 5.91 Å². The van der Waals surface area contributed by atoms with Crippen molar-refractivity contribution in [1.82, 2.24) is 15.4 Å². The zero-order valence-corrected chi connectivity index (χ0v) is 19.2. The predicted molar refractivity (Wildman–Crippen MR) is 123 cm³/mol. The molecule has 1 unspecified atom stereocenters. The molecule has 4 rings (SSSR count). The molecule has 0 aliphatic carbocycles. The van der Waals surface area contributed by atoms with Crippen LogP contribution in [0, 0.1) is 11.6 Å². The number of benzene rings is 1. The number of carbonyl (C=O) groups is 2. The van der Waals surface area contributed by atoms with Gasteiger partial charge in [0.15, 0.2) is 11.6 Å². The van der Waals surface area contributed by atoms with Crippen LogP contribution in [-0.2, 0) is 14.4 Å². The van der Waals surface area contributed by atoms with Crippen LogP contribution in [0.2, 0.25) is 0 Å². The molecule has 3 heterocycles. The number of anilines is 2. The van der Waals surface area contributed by atoms with Crippen LogP contribution in [0.3, 0.4) is 0 Å². The molecule has 34 heavy (non-hydrogen) atoms. The first-order valence-electron chi connectivity index (χ1n) is 10.6. The molecule has 1 aromatic heterocycles. The molecule has 180 valence electrons. The zero-order chi connectivity index (χ0) is 24.2. The average molecular weight is 492 g/mol. The summed E-state index contributed by atoms with van der Waals surface area (Å²) in [5.74, 6) is -1.88. The van der Waals surface area contributed by atoms with Crippen LogP contribution in [-0.4, -0.2) is 72.5 Å². The lowest BCUT2D eigenvalue weighted by molar-refractivity contribution is -0.119. The highest BCUT2D eigenvalue weighted by Crippen LogP contribution is 2.31. The van der Waals surface area contributed by atoms with E-state index >= 15 is 8.78 Å². The minimum atomic E-state index is -0.807. The normalized spacial score (nSPS) is 18.5. The summed E-state index contributed by atoms with van der Waals surface area (Å²) in [4.78, 5) is 36.1. The van der Waals surface area contributed by atoms with Gasteiger partial charge in [-0.15, -0.1) is 0 Å². The lowest BCUT2D eigenvalue weighted by Gasteiger charge is -2.25. The maximum atomic E-state index is 15.1. The van der Waals surface area contributed by atoms with Gasteiger partial charge in [-0.25, -0.2) is 18.6 Å². The summed E-state index contributed by atoms with van der Waals surface area (Å²) in [6.45, 7) is 2.51. The van der Waals surface area contributed by atoms with Gasteiger partial charge in [0.1, 0.15) is 16.8 Å². The van der Waals surface area contributed by atoms with Crippen molar-refractivity contribution in [3.05, 3.63) is 53.9 Å². The van der Waals surface area contributed by atoms with E-state index in [9.17, 15) is 9.59 Å². The SMILES string of the molecule is CC(=O)NCC1CN(c2cc(F)c(N3CCON(C(=S)c4ccncc4)CC3)c(F)c2)C(=O)O1. The lowest BCUT2D eigenvalue weighted by Crippen LogP contribution is -2.34. The Bertz CT molecular complexity index is 1070. The van der Waals surface area contributed by atoms with Gasteiger partial charge in [-0.2, -0.15) is 0 Å². The highest BCUT2D eigenvalue weighted by atomic mass is 32.1. The number of amides is 2. The molecular weight excluding hydrogens is 468 g/mol. The summed E-state index contributed by atoms with van der Waals surface area (Å²) in [7, 11) is 0. The Labute approximate surface area is 200 Å². The molecule has 1 aromatic carbocycles. The van der Waals surface area contributed by atoms with Crippen LogP contribution < -0.4 is 15.1 Å². The number of pyridine rings is 1. The lowest BCUT2D eigenvalue weighted by atomic mass is 10.2. The minimum Gasteiger partial charge on any atom is -0.442 e. The fourth-order valence-electron chi connectivity index (χ4n) is 3.78. The van der Waals surface area contributed by atoms with Crippen LogP contribution in [0.4, 0.5) is 25.0 Å². The molecule has 2 amide bonds. The fourth-order valence-corrected chi connectivity index (χ4v) is 4.06. The largest absolute Gasteiger partial charge is 0.442 e. The van der Waals surface area contributed by atoms with E-state index in [1.54, 1.807) is 29.4 Å². The van der Waals surface area contributed by atoms with E-state index in [0.717, 1.165) is 22.6 Å². The van der Waals surface area contributed by atoms with Gasteiger partial charge < -0.3 is 15.0 Å². The van der Waals surface area contributed by atoms with Crippen molar-refractivity contribution in [1.29, 1.82) is 0 Å². The van der Waals surface area contributed by atoms with Crippen molar-refractivity contribution in [3.63, 3.8) is 0 Å². The summed E-state index contributed by atoms with van der Waals surface area (Å²) >= 11 is 5.47. The first kappa shape index (κ1) is 23.8. The predicted octanol–water partition coefficient (Wildman–Crippen LogP) is 2.25. The Morgan fingerprint density at radius 2 is 1.91 bits per heavy atom. The highest BCUT2D eigenvalue weighted by molar-refractivity contribution is 7.80. The molecule has 2 fully saturated rings. The second-order valence-corrected chi connectivity index (χ2v) is 8.16. The standard InChI is InChI=1S/C22H23F2N5O4S/c1-14(30)26-12-17-13-28(22(31)33-17)16-10-18(23)20(19(24)11-16)27-6-7-29(32-9-8-27)21(34)15-2-4-25-5-3-15/h2-5,10-11,17H,6-9,12-13H2,1H3,(H,26,30). The van der Waals surface area contributed by atoms with E-state index < -0.39 is 23.8 Å². The highest BCUT2D eigenvalue weighted by Gasteiger charge is 2.34. The summed E-state index contributed by atoms with van der Waals surface area (Å²) in [5.41, 5.74) is 0.599. The molecular formula is C22H23F2N5O4S. The molecule has 2 saturated heterocycles. The van der Waals surface area contributed by atoms with Gasteiger partial charge in [0.25, 0.3) is 0 Å². The van der Waals surface area contributed by atoms with E-state index in [4.69, 9.17) is 21.8 Å². The molecule has 12 heteroatoms. The van der Waals surface area contributed by atoms with Gasteiger partial charge in [-0.3, -0.25) is 19.5 Å². The number of halogens is 2. The Hall–Kier alpha value is -3.38. The van der Waals surface area contributed by atoms with Crippen LogP contribution in [0.15, 0.2) is 36.7 Å². The Morgan fingerprint density at radius 1 is 1.21 bits per heavy atom. The number of hydrogen-bond donors (Lipinski definition) is 1. The van der Waals surface area contributed by atoms with E-state index in [1.165, 1.54) is 12.0 Å². The van der Waals surface area contributed by atoms with Crippen molar-refractivity contribution >= 4 is 40.6 Å². The van der Waals surface area contributed by atoms with Crippen LogP contribution >= 0.6 is 12.2 Å². The number of carbonyl (C=O) groups excluding carboxylic acids is 2. The Balaban J connectivity index is 1.45. The van der Waals surface area contributed by atoms with Gasteiger partial charge in [-0.05, 0) is 12.1 Å². The first-order chi connectivity index (χ1) is 16.3. The van der Waals surface area contributed by atoms with E-state index in [-0.39, 0.29) is 50.1 Å². The topological polar surface area (TPSA) is 87.2 Å². The molecule has 0 saturated carbocycles. The van der Waals surface area contributed by atoms with Crippen molar-refractivity contribution in [2.24, 2.45) is 0 Å². The molecule has 0 radical (unpaired) electrons. The van der Waals surface area contributed by atoms with E-state index in [2.05, 4.69) is 10.3 Å². The van der Waals surface area contributed by atoms with Gasteiger partial charge in [0.05, 0.1) is 31.9 Å². The summed E-state index contributed by atoms with van der Waals surface area (Å²) in [6.07, 6.45) is 1.90. The number of hydroxylamine groups is 2. The van der Waals surface area contributed by atoms with E-state index in [1.807, 2.05) is 0 Å². The maximum Gasteiger partial charge on any atom is 0.414 e. The number of ether oxygens (including phenoxy) is 1. The number of hydrogen-bond acceptors (Lipinski definition) is 7. The van der Waals surface area contributed by atoms with E-state index in [0.29, 0.717) is 11.5 Å². The third-order valence-electron chi connectivity index (χ3n) is 5.42. The van der Waals surface area contributed by atoms with Crippen LogP contribution in [0.25, 0.3) is 0 Å². The number of cyclic esters (lactones) is 1. The third kappa shape index (κ3) is 5.23. The Kier molecular flexibility index (Phi) is 7.17. The Morgan fingerprint density at radius 3 is 2.59 bits per heavy atom. The molecule has 9 nitrogen and oxygen atoms in total. The fraction of sp³-hybridized carbons (Fsp3) is 0.364. The summed E-state index contributed by atoms with van der Waals surface area (Å²) in [5, 5.41) is 4.09. The van der Waals surface area contributed by atoms with Crippen molar-refractivity contribution in [3.8, 4) is 0 Å². The number of nitrogens with one attached hydrogen (secondary N) is 1. The maximum absolute atomic E-state index is 15.1. The molecule has 1 atom stereocenters. The average Bonchev–Trinajstić information content (AvgIpc) is 3.02. The number of rotatable bonds is 5. The van der Waals surface area contributed by atoms with Crippen LogP contribution in [0.5, 0.6) is 0 Å². The molecule has 2 aliphatic rings. The molecule has 1 N–H and O–H groups in total. The quantitative estimate of drug-likeness (QED) is 0.638. The summed E-state index contributed by atoms with van der Waals surface area (Å²) in [6, 6.07) is 5.73. The van der Waals surface area contributed by atoms with Crippen molar-refractivity contribution in [2.45, 2.75) is 13.0 Å². The van der Waals surface area contributed by atoms with Crippen LogP contribution in [0.1, 0.15) is 12.5 Å². The van der Waals surface area contributed by atoms with Gasteiger partial charge in [-0.1, -0.05) is 12.2 Å². The van der Waals surface area contributed by atoms with Gasteiger partial charge >= 0.3 is 6.09 Å². The first-order valence-corrected chi connectivity index (χ1v) is 11.1. The molecule has 2 aliphatic heterocycles. The van der Waals surface area contributed by atoms with Gasteiger partial charge in [0, 0.05) is 50.1 Å². The molecule has 0 spiro atoms. The summed E-state index contributed by atoms with van der Waals surface area (Å²) < 4.78 is 35.3. The monoisotopic (exact) mass is 491 g/mol. The molecule has 0 bridgehead atoms.